The predicted molar refractivity (Wildman–Crippen MR) is 120 cm³/mol. The maximum absolute atomic E-state index is 12.8. The average Bonchev–Trinajstić information content (AvgIpc) is 2.75. The number of sulfonamides is 1. The fraction of sp³-hybridized carbons (Fsp3) is 0. The maximum Gasteiger partial charge on any atom is 0.261 e. The van der Waals surface area contributed by atoms with Crippen molar-refractivity contribution in [3.8, 4) is 0 Å². The molecular formula is C22H14Cl2N2O4S. The topological polar surface area (TPSA) is 92.3 Å². The largest absolute Gasteiger partial charge is 0.351 e. The van der Waals surface area contributed by atoms with E-state index in [9.17, 15) is 18.0 Å². The molecule has 0 saturated heterocycles. The van der Waals surface area contributed by atoms with Gasteiger partial charge in [-0.3, -0.25) is 14.3 Å². The van der Waals surface area contributed by atoms with Crippen molar-refractivity contribution >= 4 is 56.2 Å². The Morgan fingerprint density at radius 1 is 0.710 bits per heavy atom. The van der Waals surface area contributed by atoms with Crippen LogP contribution >= 0.6 is 23.2 Å². The van der Waals surface area contributed by atoms with Crippen LogP contribution in [0.15, 0.2) is 88.4 Å². The van der Waals surface area contributed by atoms with Gasteiger partial charge >= 0.3 is 0 Å². The molecule has 4 rings (SSSR count). The van der Waals surface area contributed by atoms with Crippen molar-refractivity contribution in [2.45, 2.75) is 4.90 Å². The molecule has 0 radical (unpaired) electrons. The molecule has 0 amide bonds. The first kappa shape index (κ1) is 21.1. The van der Waals surface area contributed by atoms with Crippen molar-refractivity contribution in [1.29, 1.82) is 0 Å². The lowest BCUT2D eigenvalue weighted by atomic mass is 9.92. The summed E-state index contributed by atoms with van der Waals surface area (Å²) in [6.45, 7) is 0. The molecule has 0 saturated carbocycles. The van der Waals surface area contributed by atoms with Crippen LogP contribution in [0.1, 0.15) is 20.7 Å². The Balaban J connectivity index is 1.57. The first-order valence-electron chi connectivity index (χ1n) is 9.00. The molecule has 0 spiro atoms. The van der Waals surface area contributed by atoms with Crippen LogP contribution in [0, 0.1) is 0 Å². The standard InChI is InChI=1S/C22H14Cl2N2O4S/c23-13-4-3-5-15(12-13)26-31(29,30)16-10-8-14(9-11-16)25-20-19(24)21(27)17-6-1-2-7-18(17)22(20)28/h1-12,25-26H. The normalized spacial score (nSPS) is 13.7. The van der Waals surface area contributed by atoms with Gasteiger partial charge in [-0.15, -0.1) is 0 Å². The molecule has 0 fully saturated rings. The Morgan fingerprint density at radius 2 is 1.35 bits per heavy atom. The van der Waals surface area contributed by atoms with E-state index >= 15 is 0 Å². The molecule has 156 valence electrons. The third-order valence-electron chi connectivity index (χ3n) is 4.57. The lowest BCUT2D eigenvalue weighted by molar-refractivity contribution is 0.0982. The van der Waals surface area contributed by atoms with Gasteiger partial charge in [-0.05, 0) is 42.5 Å². The summed E-state index contributed by atoms with van der Waals surface area (Å²) in [5, 5.41) is 3.01. The van der Waals surface area contributed by atoms with Crippen LogP contribution in [-0.4, -0.2) is 20.0 Å². The van der Waals surface area contributed by atoms with E-state index in [0.29, 0.717) is 16.4 Å². The van der Waals surface area contributed by atoms with Gasteiger partial charge in [0.2, 0.25) is 11.6 Å². The number of anilines is 2. The molecule has 0 aliphatic heterocycles. The number of halogens is 2. The fourth-order valence-electron chi connectivity index (χ4n) is 3.08. The van der Waals surface area contributed by atoms with E-state index in [1.165, 1.54) is 30.3 Å². The molecule has 0 bridgehead atoms. The first-order chi connectivity index (χ1) is 14.8. The zero-order valence-electron chi connectivity index (χ0n) is 15.7. The molecule has 1 aliphatic carbocycles. The molecule has 9 heteroatoms. The van der Waals surface area contributed by atoms with Crippen LogP contribution in [-0.2, 0) is 10.0 Å². The number of allylic oxidation sites excluding steroid dienone is 2. The number of hydrogen-bond acceptors (Lipinski definition) is 5. The van der Waals surface area contributed by atoms with Gasteiger partial charge in [0.15, 0.2) is 0 Å². The van der Waals surface area contributed by atoms with E-state index in [1.807, 2.05) is 0 Å². The number of hydrogen-bond donors (Lipinski definition) is 2. The molecule has 1 aliphatic rings. The SMILES string of the molecule is O=C1C(Cl)=C(Nc2ccc(S(=O)(=O)Nc3cccc(Cl)c3)cc2)C(=O)c2ccccc21. The predicted octanol–water partition coefficient (Wildman–Crippen LogP) is 5.08. The Hall–Kier alpha value is -3.13. The minimum Gasteiger partial charge on any atom is -0.351 e. The summed E-state index contributed by atoms with van der Waals surface area (Å²) < 4.78 is 27.6. The van der Waals surface area contributed by atoms with Crippen LogP contribution in [0.3, 0.4) is 0 Å². The maximum atomic E-state index is 12.8. The second-order valence-corrected chi connectivity index (χ2v) is 9.15. The molecule has 31 heavy (non-hydrogen) atoms. The van der Waals surface area contributed by atoms with Gasteiger partial charge in [-0.25, -0.2) is 8.42 Å². The van der Waals surface area contributed by atoms with Crippen LogP contribution in [0.5, 0.6) is 0 Å². The highest BCUT2D eigenvalue weighted by molar-refractivity contribution is 7.92. The summed E-state index contributed by atoms with van der Waals surface area (Å²) in [6.07, 6.45) is 0. The molecule has 2 N–H and O–H groups in total. The van der Waals surface area contributed by atoms with E-state index in [-0.39, 0.29) is 26.8 Å². The van der Waals surface area contributed by atoms with Gasteiger partial charge in [0.05, 0.1) is 10.6 Å². The van der Waals surface area contributed by atoms with Crippen molar-refractivity contribution in [3.05, 3.63) is 99.7 Å². The molecule has 3 aromatic carbocycles. The number of carbonyl (C=O) groups excluding carboxylic acids is 2. The molecule has 0 aromatic heterocycles. The summed E-state index contributed by atoms with van der Waals surface area (Å²) in [6, 6.07) is 18.4. The zero-order chi connectivity index (χ0) is 22.2. The van der Waals surface area contributed by atoms with Gasteiger partial charge in [0.1, 0.15) is 10.7 Å². The van der Waals surface area contributed by atoms with Crippen LogP contribution in [0.4, 0.5) is 11.4 Å². The van der Waals surface area contributed by atoms with Crippen LogP contribution in [0.25, 0.3) is 0 Å². The molecule has 0 unspecified atom stereocenters. The lowest BCUT2D eigenvalue weighted by Crippen LogP contribution is -2.24. The molecule has 0 atom stereocenters. The third-order valence-corrected chi connectivity index (χ3v) is 6.57. The van der Waals surface area contributed by atoms with E-state index in [0.717, 1.165) is 0 Å². The number of ketones is 2. The minimum atomic E-state index is -3.85. The Kier molecular flexibility index (Phi) is 5.58. The average molecular weight is 473 g/mol. The van der Waals surface area contributed by atoms with Gasteiger partial charge in [-0.1, -0.05) is 53.5 Å². The van der Waals surface area contributed by atoms with Crippen molar-refractivity contribution < 1.29 is 18.0 Å². The summed E-state index contributed by atoms with van der Waals surface area (Å²) >= 11 is 12.0. The minimum absolute atomic E-state index is 0.00879. The number of Topliss-reactive ketones (excluding diaryl/α,β-unsaturated/α-hetero) is 2. The number of rotatable bonds is 5. The molecular weight excluding hydrogens is 459 g/mol. The molecule has 0 heterocycles. The van der Waals surface area contributed by atoms with E-state index in [1.54, 1.807) is 42.5 Å². The summed E-state index contributed by atoms with van der Waals surface area (Å²) in [4.78, 5) is 25.2. The highest BCUT2D eigenvalue weighted by atomic mass is 35.5. The van der Waals surface area contributed by atoms with Crippen molar-refractivity contribution in [2.75, 3.05) is 10.0 Å². The Bertz CT molecular complexity index is 1350. The Labute approximate surface area is 188 Å². The highest BCUT2D eigenvalue weighted by Crippen LogP contribution is 2.30. The van der Waals surface area contributed by atoms with Gasteiger partial charge in [-0.2, -0.15) is 0 Å². The Morgan fingerprint density at radius 3 is 2.00 bits per heavy atom. The number of fused-ring (bicyclic) bond motifs is 1. The first-order valence-corrected chi connectivity index (χ1v) is 11.2. The quantitative estimate of drug-likeness (QED) is 0.539. The van der Waals surface area contributed by atoms with E-state index < -0.39 is 21.6 Å². The summed E-state index contributed by atoms with van der Waals surface area (Å²) in [5.41, 5.74) is 1.17. The fourth-order valence-corrected chi connectivity index (χ4v) is 4.56. The summed E-state index contributed by atoms with van der Waals surface area (Å²) in [7, 11) is -3.85. The number of benzene rings is 3. The summed E-state index contributed by atoms with van der Waals surface area (Å²) in [5.74, 6) is -0.871. The zero-order valence-corrected chi connectivity index (χ0v) is 18.1. The highest BCUT2D eigenvalue weighted by Gasteiger charge is 2.31. The second-order valence-electron chi connectivity index (χ2n) is 6.66. The number of nitrogens with one attached hydrogen (secondary N) is 2. The second kappa shape index (κ2) is 8.19. The monoisotopic (exact) mass is 472 g/mol. The van der Waals surface area contributed by atoms with E-state index in [4.69, 9.17) is 23.2 Å². The third kappa shape index (κ3) is 4.20. The van der Waals surface area contributed by atoms with Gasteiger partial charge < -0.3 is 5.32 Å². The molecule has 3 aromatic rings. The smallest absolute Gasteiger partial charge is 0.261 e. The van der Waals surface area contributed by atoms with Crippen LogP contribution in [0.2, 0.25) is 5.02 Å². The van der Waals surface area contributed by atoms with Crippen molar-refractivity contribution in [2.24, 2.45) is 0 Å². The van der Waals surface area contributed by atoms with E-state index in [2.05, 4.69) is 10.0 Å². The lowest BCUT2D eigenvalue weighted by Gasteiger charge is -2.19. The molecule has 6 nitrogen and oxygen atoms in total. The van der Waals surface area contributed by atoms with Gasteiger partial charge in [0, 0.05) is 21.8 Å². The van der Waals surface area contributed by atoms with Crippen molar-refractivity contribution in [1.82, 2.24) is 0 Å². The number of carbonyl (C=O) groups is 2. The van der Waals surface area contributed by atoms with Crippen LogP contribution < -0.4 is 10.0 Å². The van der Waals surface area contributed by atoms with Gasteiger partial charge in [0.25, 0.3) is 10.0 Å². The van der Waals surface area contributed by atoms with Crippen molar-refractivity contribution in [3.63, 3.8) is 0 Å².